The molecular weight excluding hydrogens is 237 g/mol. The van der Waals surface area contributed by atoms with Crippen molar-refractivity contribution in [2.75, 3.05) is 6.61 Å². The molecule has 0 aromatic heterocycles. The maximum absolute atomic E-state index is 9.06. The van der Waals surface area contributed by atoms with Crippen LogP contribution in [0.2, 0.25) is 0 Å². The Morgan fingerprint density at radius 1 is 1.56 bits per heavy atom. The summed E-state index contributed by atoms with van der Waals surface area (Å²) in [5, 5.41) is 0. The van der Waals surface area contributed by atoms with Gasteiger partial charge in [0.15, 0.2) is 0 Å². The molecule has 0 rings (SSSR count). The molecule has 0 spiro atoms. The van der Waals surface area contributed by atoms with Crippen molar-refractivity contribution in [3.8, 4) is 0 Å². The molecule has 4 heteroatoms. The summed E-state index contributed by atoms with van der Waals surface area (Å²) in [6.07, 6.45) is 0. The van der Waals surface area contributed by atoms with Gasteiger partial charge in [-0.25, -0.2) is 0 Å². The monoisotopic (exact) mass is 246 g/mol. The first kappa shape index (κ1) is 22.7. The van der Waals surface area contributed by atoms with Gasteiger partial charge in [-0.05, 0) is 6.92 Å². The first-order valence-electron chi connectivity index (χ1n) is 2.11. The van der Waals surface area contributed by atoms with Gasteiger partial charge in [0.2, 0.25) is 0 Å². The number of carbonyl (C=O) groups excluding carboxylic acids is 1. The van der Waals surface area contributed by atoms with Gasteiger partial charge in [0.1, 0.15) is 0 Å². The van der Waals surface area contributed by atoms with Gasteiger partial charge >= 0.3 is 19.5 Å². The molecule has 0 unspecified atom stereocenters. The van der Waals surface area contributed by atoms with E-state index >= 15 is 0 Å². The third-order valence-electron chi connectivity index (χ3n) is 0.203. The van der Waals surface area contributed by atoms with Crippen LogP contribution in [0.5, 0.6) is 0 Å². The minimum absolute atomic E-state index is 0. The van der Waals surface area contributed by atoms with E-state index in [1.54, 1.807) is 13.8 Å². The Labute approximate surface area is 79.9 Å². The average Bonchev–Trinajstić information content (AvgIpc) is 1.75. The zero-order valence-electron chi connectivity index (χ0n) is 5.85. The summed E-state index contributed by atoms with van der Waals surface area (Å²) in [6, 6.07) is 0. The summed E-state index contributed by atoms with van der Waals surface area (Å²) in [6.45, 7) is 8.41. The normalized spacial score (nSPS) is 4.33. The number of halogens is 1. The Kier molecular flexibility index (Phi) is 96.9. The van der Waals surface area contributed by atoms with Gasteiger partial charge in [-0.2, -0.15) is 6.92 Å². The van der Waals surface area contributed by atoms with Gasteiger partial charge in [0.25, 0.3) is 0 Å². The average molecular weight is 248 g/mol. The molecule has 0 bridgehead atoms. The van der Waals surface area contributed by atoms with Crippen molar-refractivity contribution in [3.05, 3.63) is 6.92 Å². The van der Waals surface area contributed by atoms with Crippen molar-refractivity contribution in [2.24, 2.45) is 0 Å². The van der Waals surface area contributed by atoms with Crippen LogP contribution in [0.25, 0.3) is 0 Å². The van der Waals surface area contributed by atoms with Crippen molar-refractivity contribution in [1.82, 2.24) is 0 Å². The second-order valence-corrected chi connectivity index (χ2v) is 0.516. The maximum atomic E-state index is 9.06. The van der Waals surface area contributed by atoms with Crippen molar-refractivity contribution >= 4 is 23.5 Å². The molecule has 0 aliphatic heterocycles. The van der Waals surface area contributed by atoms with Crippen molar-refractivity contribution in [1.29, 1.82) is 0 Å². The molecule has 0 aliphatic carbocycles. The molecule has 9 heavy (non-hydrogen) atoms. The first-order valence-corrected chi connectivity index (χ1v) is 2.11. The Balaban J connectivity index is -0.0000000286. The molecule has 52 valence electrons. The smallest absolute Gasteiger partial charge is 0.653 e. The molecule has 0 aliphatic rings. The van der Waals surface area contributed by atoms with E-state index in [4.69, 9.17) is 4.79 Å². The Morgan fingerprint density at radius 2 is 1.89 bits per heavy atom. The second-order valence-electron chi connectivity index (χ2n) is 0.516. The van der Waals surface area contributed by atoms with Crippen LogP contribution < -0.4 is 0 Å². The Hall–Kier alpha value is 0.573. The summed E-state index contributed by atoms with van der Waals surface area (Å²) in [7, 11) is 0. The van der Waals surface area contributed by atoms with E-state index in [1.165, 1.54) is 6.47 Å². The summed E-state index contributed by atoms with van der Waals surface area (Å²) in [5.74, 6) is 0. The van der Waals surface area contributed by atoms with E-state index in [-0.39, 0.29) is 36.5 Å². The van der Waals surface area contributed by atoms with Crippen LogP contribution >= 0.6 is 17.0 Å². The molecule has 0 N–H and O–H groups in total. The molecule has 0 aromatic carbocycles. The predicted molar refractivity (Wildman–Crippen MR) is 38.7 cm³/mol. The van der Waals surface area contributed by atoms with Crippen LogP contribution in [0.4, 0.5) is 0 Å². The standard InChI is InChI=1S/C3H5O2.C2H5.BrH.Zn/c1-2-5-3-4;1-2;;/h2H2,1H3;1H2,2H3;1H;/q2*-1;;+2. The van der Waals surface area contributed by atoms with E-state index in [1.807, 2.05) is 0 Å². The van der Waals surface area contributed by atoms with E-state index < -0.39 is 0 Å². The summed E-state index contributed by atoms with van der Waals surface area (Å²) in [5.41, 5.74) is 0. The van der Waals surface area contributed by atoms with Crippen molar-refractivity contribution in [3.63, 3.8) is 0 Å². The van der Waals surface area contributed by atoms with E-state index in [0.29, 0.717) is 6.61 Å². The topological polar surface area (TPSA) is 26.3 Å². The van der Waals surface area contributed by atoms with Crippen molar-refractivity contribution in [2.45, 2.75) is 13.8 Å². The molecule has 0 atom stereocenters. The quantitative estimate of drug-likeness (QED) is 0.547. The fraction of sp³-hybridized carbons (Fsp3) is 0.600. The molecule has 0 amide bonds. The number of rotatable bonds is 2. The van der Waals surface area contributed by atoms with Gasteiger partial charge in [-0.1, -0.05) is 6.47 Å². The SMILES string of the molecule is Br.CCO[C-]=O.[CH2-]C.[Zn+2]. The third-order valence-corrected chi connectivity index (χ3v) is 0.203. The molecule has 0 radical (unpaired) electrons. The van der Waals surface area contributed by atoms with Gasteiger partial charge in [0.05, 0.1) is 0 Å². The molecule has 0 saturated heterocycles. The van der Waals surface area contributed by atoms with Gasteiger partial charge in [0, 0.05) is 6.61 Å². The molecular formula is C5H11BrO2Zn. The van der Waals surface area contributed by atoms with Crippen LogP contribution in [0.3, 0.4) is 0 Å². The molecule has 2 nitrogen and oxygen atoms in total. The van der Waals surface area contributed by atoms with Gasteiger partial charge in [-0.3, -0.25) is 0 Å². The molecule has 0 aromatic rings. The van der Waals surface area contributed by atoms with Crippen LogP contribution in [0, 0.1) is 6.92 Å². The number of ether oxygens (including phenoxy) is 1. The predicted octanol–water partition coefficient (Wildman–Crippen LogP) is 1.51. The number of hydrogen-bond donors (Lipinski definition) is 0. The Morgan fingerprint density at radius 3 is 1.89 bits per heavy atom. The first-order chi connectivity index (χ1) is 3.41. The van der Waals surface area contributed by atoms with E-state index in [9.17, 15) is 0 Å². The Bertz CT molecular complexity index is 36.1. The second kappa shape index (κ2) is 38.5. The largest absolute Gasteiger partial charge is 2.00 e. The fourth-order valence-electron chi connectivity index (χ4n) is 0.0589. The third kappa shape index (κ3) is 55.9. The minimum atomic E-state index is 0. The molecule has 0 heterocycles. The van der Waals surface area contributed by atoms with Crippen LogP contribution in [0.15, 0.2) is 0 Å². The van der Waals surface area contributed by atoms with Gasteiger partial charge in [-0.15, -0.1) is 17.0 Å². The molecule has 0 saturated carbocycles. The van der Waals surface area contributed by atoms with Crippen LogP contribution in [-0.2, 0) is 29.0 Å². The molecule has 0 fully saturated rings. The summed E-state index contributed by atoms with van der Waals surface area (Å²) in [4.78, 5) is 9.06. The van der Waals surface area contributed by atoms with Crippen LogP contribution in [-0.4, -0.2) is 13.1 Å². The summed E-state index contributed by atoms with van der Waals surface area (Å²) >= 11 is 0. The van der Waals surface area contributed by atoms with Gasteiger partial charge < -0.3 is 16.5 Å². The van der Waals surface area contributed by atoms with Crippen molar-refractivity contribution < 1.29 is 29.0 Å². The fourth-order valence-corrected chi connectivity index (χ4v) is 0.0589. The van der Waals surface area contributed by atoms with E-state index in [2.05, 4.69) is 11.7 Å². The number of hydrogen-bond acceptors (Lipinski definition) is 2. The summed E-state index contributed by atoms with van der Waals surface area (Å²) < 4.78 is 4.03. The van der Waals surface area contributed by atoms with Crippen LogP contribution in [0.1, 0.15) is 13.8 Å². The zero-order valence-corrected chi connectivity index (χ0v) is 10.5. The maximum Gasteiger partial charge on any atom is 2.00 e. The minimum Gasteiger partial charge on any atom is -0.653 e. The van der Waals surface area contributed by atoms with E-state index in [0.717, 1.165) is 0 Å². The zero-order chi connectivity index (χ0) is 6.12.